The molecule has 1 aliphatic rings. The van der Waals surface area contributed by atoms with Gasteiger partial charge in [-0.25, -0.2) is 9.37 Å². The molecule has 0 saturated carbocycles. The molecule has 0 bridgehead atoms. The number of rotatable bonds is 6. The maximum absolute atomic E-state index is 13.2. The molecule has 4 aromatic rings. The zero-order chi connectivity index (χ0) is 24.4. The fourth-order valence-corrected chi connectivity index (χ4v) is 4.30. The quantitative estimate of drug-likeness (QED) is 0.428. The summed E-state index contributed by atoms with van der Waals surface area (Å²) in [5.41, 5.74) is 2.51. The van der Waals surface area contributed by atoms with Crippen molar-refractivity contribution in [2.75, 3.05) is 48.4 Å². The van der Waals surface area contributed by atoms with Gasteiger partial charge in [-0.1, -0.05) is 6.07 Å². The molecule has 0 atom stereocenters. The zero-order valence-corrected chi connectivity index (χ0v) is 19.1. The predicted octanol–water partition coefficient (Wildman–Crippen LogP) is 3.72. The number of anilines is 4. The first kappa shape index (κ1) is 22.4. The molecule has 1 fully saturated rings. The van der Waals surface area contributed by atoms with Crippen LogP contribution in [-0.4, -0.2) is 49.0 Å². The number of benzene rings is 2. The third kappa shape index (κ3) is 4.40. The van der Waals surface area contributed by atoms with Gasteiger partial charge in [-0.05, 0) is 54.6 Å². The van der Waals surface area contributed by atoms with Crippen LogP contribution in [0.3, 0.4) is 0 Å². The van der Waals surface area contributed by atoms with Gasteiger partial charge in [0.05, 0.1) is 7.11 Å². The number of nitrogens with zero attached hydrogens (tertiary/aromatic N) is 4. The first-order valence-corrected chi connectivity index (χ1v) is 11.2. The van der Waals surface area contributed by atoms with E-state index in [1.165, 1.54) is 23.6 Å². The summed E-state index contributed by atoms with van der Waals surface area (Å²) >= 11 is 0. The SMILES string of the molecule is COc1cccn2c(=O)c(C=O)c(Nc3cccc(N4CCN(c5ccc(F)cc5)CC4)c3)nc12. The van der Waals surface area contributed by atoms with Crippen molar-refractivity contribution in [1.82, 2.24) is 9.38 Å². The van der Waals surface area contributed by atoms with E-state index < -0.39 is 5.56 Å². The molecule has 1 saturated heterocycles. The number of carbonyl (C=O) groups is 1. The number of piperazine rings is 1. The summed E-state index contributed by atoms with van der Waals surface area (Å²) < 4.78 is 19.9. The zero-order valence-electron chi connectivity index (χ0n) is 19.1. The van der Waals surface area contributed by atoms with Crippen LogP contribution in [0, 0.1) is 5.82 Å². The van der Waals surface area contributed by atoms with Crippen LogP contribution in [0.2, 0.25) is 0 Å². The number of hydrogen-bond acceptors (Lipinski definition) is 7. The minimum atomic E-state index is -0.473. The van der Waals surface area contributed by atoms with E-state index in [9.17, 15) is 14.0 Å². The van der Waals surface area contributed by atoms with Crippen LogP contribution < -0.4 is 25.4 Å². The lowest BCUT2D eigenvalue weighted by Gasteiger charge is -2.37. The van der Waals surface area contributed by atoms with Crippen LogP contribution in [0.4, 0.5) is 27.3 Å². The van der Waals surface area contributed by atoms with E-state index in [1.807, 2.05) is 24.3 Å². The van der Waals surface area contributed by atoms with E-state index in [4.69, 9.17) is 4.74 Å². The predicted molar refractivity (Wildman–Crippen MR) is 134 cm³/mol. The summed E-state index contributed by atoms with van der Waals surface area (Å²) in [5, 5.41) is 3.14. The van der Waals surface area contributed by atoms with Gasteiger partial charge in [0, 0.05) is 49.4 Å². The number of aromatic nitrogens is 2. The maximum atomic E-state index is 13.2. The van der Waals surface area contributed by atoms with Crippen molar-refractivity contribution >= 4 is 34.8 Å². The molecule has 0 unspecified atom stereocenters. The lowest BCUT2D eigenvalue weighted by atomic mass is 10.2. The van der Waals surface area contributed by atoms with Crippen LogP contribution in [0.1, 0.15) is 10.4 Å². The van der Waals surface area contributed by atoms with E-state index in [2.05, 4.69) is 20.1 Å². The van der Waals surface area contributed by atoms with Crippen molar-refractivity contribution in [3.05, 3.63) is 88.6 Å². The molecule has 2 aromatic carbocycles. The van der Waals surface area contributed by atoms with Gasteiger partial charge in [0.2, 0.25) is 0 Å². The highest BCUT2D eigenvalue weighted by atomic mass is 19.1. The van der Waals surface area contributed by atoms with E-state index >= 15 is 0 Å². The normalized spacial score (nSPS) is 13.7. The van der Waals surface area contributed by atoms with Crippen molar-refractivity contribution < 1.29 is 13.9 Å². The van der Waals surface area contributed by atoms with Crippen molar-refractivity contribution in [2.24, 2.45) is 0 Å². The highest BCUT2D eigenvalue weighted by Gasteiger charge is 2.19. The van der Waals surface area contributed by atoms with Gasteiger partial charge in [0.1, 0.15) is 17.2 Å². The number of hydrogen-bond donors (Lipinski definition) is 1. The van der Waals surface area contributed by atoms with E-state index in [1.54, 1.807) is 30.5 Å². The van der Waals surface area contributed by atoms with Gasteiger partial charge < -0.3 is 19.9 Å². The summed E-state index contributed by atoms with van der Waals surface area (Å²) in [7, 11) is 1.50. The largest absolute Gasteiger partial charge is 0.493 e. The smallest absolute Gasteiger partial charge is 0.270 e. The van der Waals surface area contributed by atoms with Gasteiger partial charge in [-0.2, -0.15) is 0 Å². The Morgan fingerprint density at radius 1 is 0.971 bits per heavy atom. The molecule has 178 valence electrons. The number of carbonyl (C=O) groups excluding carboxylic acids is 1. The molecular formula is C26H24FN5O3. The van der Waals surface area contributed by atoms with Gasteiger partial charge in [-0.3, -0.25) is 14.0 Å². The Hall–Kier alpha value is -4.40. The Morgan fingerprint density at radius 3 is 2.37 bits per heavy atom. The molecule has 0 amide bonds. The van der Waals surface area contributed by atoms with E-state index in [0.717, 1.165) is 37.6 Å². The molecule has 8 nitrogen and oxygen atoms in total. The first-order valence-electron chi connectivity index (χ1n) is 11.2. The van der Waals surface area contributed by atoms with Crippen LogP contribution in [0.5, 0.6) is 5.75 Å². The summed E-state index contributed by atoms with van der Waals surface area (Å²) in [6.45, 7) is 3.21. The summed E-state index contributed by atoms with van der Waals surface area (Å²) in [4.78, 5) is 33.6. The lowest BCUT2D eigenvalue weighted by molar-refractivity contribution is 0.112. The van der Waals surface area contributed by atoms with Crippen molar-refractivity contribution in [3.63, 3.8) is 0 Å². The van der Waals surface area contributed by atoms with Crippen LogP contribution in [0.25, 0.3) is 5.65 Å². The minimum absolute atomic E-state index is 0.0610. The molecule has 0 aliphatic carbocycles. The molecule has 5 rings (SSSR count). The lowest BCUT2D eigenvalue weighted by Crippen LogP contribution is -2.46. The molecule has 2 aromatic heterocycles. The maximum Gasteiger partial charge on any atom is 0.270 e. The van der Waals surface area contributed by atoms with Crippen molar-refractivity contribution in [3.8, 4) is 5.75 Å². The fourth-order valence-electron chi connectivity index (χ4n) is 4.30. The third-order valence-electron chi connectivity index (χ3n) is 6.14. The Balaban J connectivity index is 1.38. The molecule has 3 heterocycles. The van der Waals surface area contributed by atoms with E-state index in [0.29, 0.717) is 23.4 Å². The van der Waals surface area contributed by atoms with Crippen molar-refractivity contribution in [2.45, 2.75) is 0 Å². The molecule has 35 heavy (non-hydrogen) atoms. The number of ether oxygens (including phenoxy) is 1. The Kier molecular flexibility index (Phi) is 6.05. The second kappa shape index (κ2) is 9.46. The molecule has 1 aliphatic heterocycles. The number of halogens is 1. The number of nitrogens with one attached hydrogen (secondary N) is 1. The standard InChI is InChI=1S/C26H24FN5O3/c1-35-23-6-3-11-32-25(23)29-24(22(17-33)26(32)34)28-19-4-2-5-21(16-19)31-14-12-30(13-15-31)20-9-7-18(27)8-10-20/h2-11,16-17,28H,12-15H2,1H3. The monoisotopic (exact) mass is 473 g/mol. The number of methoxy groups -OCH3 is 1. The summed E-state index contributed by atoms with van der Waals surface area (Å²) in [6.07, 6.45) is 2.07. The number of fused-ring (bicyclic) bond motifs is 1. The average molecular weight is 474 g/mol. The summed E-state index contributed by atoms with van der Waals surface area (Å²) in [6, 6.07) is 17.7. The molecular weight excluding hydrogens is 449 g/mol. The average Bonchev–Trinajstić information content (AvgIpc) is 2.89. The molecule has 0 spiro atoms. The van der Waals surface area contributed by atoms with Gasteiger partial charge in [0.15, 0.2) is 17.7 Å². The molecule has 9 heteroatoms. The Morgan fingerprint density at radius 2 is 1.69 bits per heavy atom. The third-order valence-corrected chi connectivity index (χ3v) is 6.14. The van der Waals surface area contributed by atoms with Crippen LogP contribution >= 0.6 is 0 Å². The highest BCUT2D eigenvalue weighted by molar-refractivity contribution is 5.85. The van der Waals surface area contributed by atoms with E-state index in [-0.39, 0.29) is 17.2 Å². The van der Waals surface area contributed by atoms with Crippen molar-refractivity contribution in [1.29, 1.82) is 0 Å². The second-order valence-electron chi connectivity index (χ2n) is 8.19. The second-order valence-corrected chi connectivity index (χ2v) is 8.19. The van der Waals surface area contributed by atoms with Gasteiger partial charge in [0.25, 0.3) is 5.56 Å². The first-order chi connectivity index (χ1) is 17.1. The Labute approximate surface area is 201 Å². The topological polar surface area (TPSA) is 79.2 Å². The fraction of sp³-hybridized carbons (Fsp3) is 0.192. The summed E-state index contributed by atoms with van der Waals surface area (Å²) in [5.74, 6) is 0.363. The number of aldehydes is 1. The van der Waals surface area contributed by atoms with Gasteiger partial charge in [-0.15, -0.1) is 0 Å². The Bertz CT molecular complexity index is 1430. The highest BCUT2D eigenvalue weighted by Crippen LogP contribution is 2.26. The number of pyridine rings is 1. The molecule has 0 radical (unpaired) electrons. The van der Waals surface area contributed by atoms with Crippen LogP contribution in [0.15, 0.2) is 71.7 Å². The van der Waals surface area contributed by atoms with Gasteiger partial charge >= 0.3 is 0 Å². The molecule has 1 N–H and O–H groups in total. The minimum Gasteiger partial charge on any atom is -0.493 e. The van der Waals surface area contributed by atoms with Crippen LogP contribution in [-0.2, 0) is 0 Å².